The number of phenols is 1. The molecule has 1 aromatic rings. The Hall–Kier alpha value is -3.22. The number of phenolic OH excluding ortho intramolecular Hbond substituents is 1. The summed E-state index contributed by atoms with van der Waals surface area (Å²) in [5.74, 6) is -3.13. The van der Waals surface area contributed by atoms with E-state index in [4.69, 9.17) is 17.2 Å². The maximum atomic E-state index is 13.2. The smallest absolute Gasteiger partial charge is 0.326 e. The maximum absolute atomic E-state index is 13.2. The van der Waals surface area contributed by atoms with Gasteiger partial charge in [0.2, 0.25) is 17.7 Å². The van der Waals surface area contributed by atoms with Crippen molar-refractivity contribution in [3.63, 3.8) is 0 Å². The SMILES string of the molecule is CC(C)C(NC(=O)C(N)Cc1ccc(O)cc1)C(=O)NC(CCCCN)C(=O)NC(CCCCN)C(=O)O. The summed E-state index contributed by atoms with van der Waals surface area (Å²) in [5, 5.41) is 26.8. The number of carbonyl (C=O) groups is 4. The summed E-state index contributed by atoms with van der Waals surface area (Å²) in [6.45, 7) is 4.32. The highest BCUT2D eigenvalue weighted by molar-refractivity contribution is 5.94. The number of hydrogen-bond donors (Lipinski definition) is 8. The minimum Gasteiger partial charge on any atom is -0.508 e. The van der Waals surface area contributed by atoms with E-state index in [2.05, 4.69) is 16.0 Å². The second-order valence-corrected chi connectivity index (χ2v) is 9.74. The molecule has 4 atom stereocenters. The molecule has 12 nitrogen and oxygen atoms in total. The number of nitrogens with two attached hydrogens (primary N) is 3. The first kappa shape index (κ1) is 32.8. The van der Waals surface area contributed by atoms with E-state index in [0.29, 0.717) is 38.8 Å². The van der Waals surface area contributed by atoms with E-state index in [1.807, 2.05) is 0 Å². The number of hydrogen-bond acceptors (Lipinski definition) is 8. The third-order valence-corrected chi connectivity index (χ3v) is 6.12. The van der Waals surface area contributed by atoms with Gasteiger partial charge in [-0.15, -0.1) is 0 Å². The molecule has 0 heterocycles. The highest BCUT2D eigenvalue weighted by Gasteiger charge is 2.31. The number of rotatable bonds is 18. The first-order valence-electron chi connectivity index (χ1n) is 13.1. The number of carboxylic acids is 1. The topological polar surface area (TPSA) is 223 Å². The Kier molecular flexibility index (Phi) is 15.0. The zero-order valence-corrected chi connectivity index (χ0v) is 22.3. The zero-order chi connectivity index (χ0) is 28.7. The number of nitrogens with one attached hydrogen (secondary N) is 3. The maximum Gasteiger partial charge on any atom is 0.326 e. The lowest BCUT2D eigenvalue weighted by atomic mass is 10.00. The molecule has 0 aromatic heterocycles. The molecule has 0 aliphatic rings. The fourth-order valence-electron chi connectivity index (χ4n) is 3.82. The van der Waals surface area contributed by atoms with Crippen LogP contribution in [0.1, 0.15) is 57.9 Å². The van der Waals surface area contributed by atoms with E-state index < -0.39 is 47.9 Å². The summed E-state index contributed by atoms with van der Waals surface area (Å²) < 4.78 is 0. The van der Waals surface area contributed by atoms with Crippen LogP contribution in [0.25, 0.3) is 0 Å². The number of aliphatic carboxylic acids is 1. The highest BCUT2D eigenvalue weighted by Crippen LogP contribution is 2.12. The molecule has 0 aliphatic heterocycles. The predicted octanol–water partition coefficient (Wildman–Crippen LogP) is -0.285. The Balaban J connectivity index is 2.90. The van der Waals surface area contributed by atoms with Crippen molar-refractivity contribution in [3.05, 3.63) is 29.8 Å². The molecule has 0 saturated carbocycles. The second kappa shape index (κ2) is 17.3. The van der Waals surface area contributed by atoms with E-state index in [0.717, 1.165) is 5.56 Å². The van der Waals surface area contributed by atoms with Crippen molar-refractivity contribution in [1.29, 1.82) is 0 Å². The van der Waals surface area contributed by atoms with Gasteiger partial charge in [0.05, 0.1) is 6.04 Å². The fourth-order valence-corrected chi connectivity index (χ4v) is 3.82. The molecule has 12 heteroatoms. The lowest BCUT2D eigenvalue weighted by Crippen LogP contribution is -2.58. The Morgan fingerprint density at radius 2 is 1.32 bits per heavy atom. The summed E-state index contributed by atoms with van der Waals surface area (Å²) in [4.78, 5) is 50.6. The van der Waals surface area contributed by atoms with Crippen LogP contribution in [0.3, 0.4) is 0 Å². The van der Waals surface area contributed by atoms with Gasteiger partial charge in [-0.2, -0.15) is 0 Å². The van der Waals surface area contributed by atoms with Crippen LogP contribution in [0.15, 0.2) is 24.3 Å². The quantitative estimate of drug-likeness (QED) is 0.115. The summed E-state index contributed by atoms with van der Waals surface area (Å²) >= 11 is 0. The molecule has 3 amide bonds. The van der Waals surface area contributed by atoms with Crippen LogP contribution in [0, 0.1) is 5.92 Å². The van der Waals surface area contributed by atoms with Crippen molar-refractivity contribution in [2.75, 3.05) is 13.1 Å². The van der Waals surface area contributed by atoms with Gasteiger partial charge in [0.25, 0.3) is 0 Å². The predicted molar refractivity (Wildman–Crippen MR) is 144 cm³/mol. The third-order valence-electron chi connectivity index (χ3n) is 6.12. The van der Waals surface area contributed by atoms with Crippen LogP contribution in [-0.4, -0.2) is 71.2 Å². The molecule has 0 saturated heterocycles. The van der Waals surface area contributed by atoms with E-state index >= 15 is 0 Å². The lowest BCUT2D eigenvalue weighted by molar-refractivity contribution is -0.142. The van der Waals surface area contributed by atoms with Crippen LogP contribution in [0.4, 0.5) is 0 Å². The largest absolute Gasteiger partial charge is 0.508 e. The minimum atomic E-state index is -1.17. The number of carboxylic acid groups (broad SMARTS) is 1. The van der Waals surface area contributed by atoms with Crippen LogP contribution in [0.5, 0.6) is 5.75 Å². The van der Waals surface area contributed by atoms with Crippen LogP contribution < -0.4 is 33.2 Å². The van der Waals surface area contributed by atoms with Gasteiger partial charge in [-0.05, 0) is 81.6 Å². The first-order valence-corrected chi connectivity index (χ1v) is 13.1. The Morgan fingerprint density at radius 3 is 1.82 bits per heavy atom. The lowest BCUT2D eigenvalue weighted by Gasteiger charge is -2.27. The average Bonchev–Trinajstić information content (AvgIpc) is 2.86. The Morgan fingerprint density at radius 1 is 0.789 bits per heavy atom. The average molecular weight is 537 g/mol. The molecule has 0 fully saturated rings. The molecular weight excluding hydrogens is 492 g/mol. The number of aromatic hydroxyl groups is 1. The van der Waals surface area contributed by atoms with Crippen molar-refractivity contribution in [3.8, 4) is 5.75 Å². The van der Waals surface area contributed by atoms with E-state index in [9.17, 15) is 29.4 Å². The number of benzene rings is 1. The van der Waals surface area contributed by atoms with E-state index in [1.165, 1.54) is 12.1 Å². The monoisotopic (exact) mass is 536 g/mol. The van der Waals surface area contributed by atoms with Gasteiger partial charge in [0.1, 0.15) is 23.9 Å². The van der Waals surface area contributed by atoms with Crippen LogP contribution in [-0.2, 0) is 25.6 Å². The van der Waals surface area contributed by atoms with Gasteiger partial charge in [-0.3, -0.25) is 14.4 Å². The van der Waals surface area contributed by atoms with Crippen LogP contribution >= 0.6 is 0 Å². The molecule has 0 radical (unpaired) electrons. The fraction of sp³-hybridized carbons (Fsp3) is 0.615. The molecule has 1 rings (SSSR count). The van der Waals surface area contributed by atoms with Crippen molar-refractivity contribution in [2.45, 2.75) is 83.0 Å². The van der Waals surface area contributed by atoms with Gasteiger partial charge in [-0.25, -0.2) is 4.79 Å². The van der Waals surface area contributed by atoms with Gasteiger partial charge in [0.15, 0.2) is 0 Å². The highest BCUT2D eigenvalue weighted by atomic mass is 16.4. The molecule has 1 aromatic carbocycles. The van der Waals surface area contributed by atoms with E-state index in [-0.39, 0.29) is 30.9 Å². The summed E-state index contributed by atoms with van der Waals surface area (Å²) in [6.07, 6.45) is 2.98. The second-order valence-electron chi connectivity index (χ2n) is 9.74. The van der Waals surface area contributed by atoms with Gasteiger partial charge >= 0.3 is 5.97 Å². The molecule has 0 aliphatic carbocycles. The zero-order valence-electron chi connectivity index (χ0n) is 22.3. The van der Waals surface area contributed by atoms with Crippen molar-refractivity contribution >= 4 is 23.7 Å². The Labute approximate surface area is 224 Å². The minimum absolute atomic E-state index is 0.0959. The van der Waals surface area contributed by atoms with Gasteiger partial charge in [-0.1, -0.05) is 26.0 Å². The number of carbonyl (C=O) groups excluding carboxylic acids is 3. The third kappa shape index (κ3) is 11.9. The normalized spacial score (nSPS) is 14.3. The molecule has 0 spiro atoms. The number of unbranched alkanes of at least 4 members (excludes halogenated alkanes) is 2. The molecular formula is C26H44N6O6. The van der Waals surface area contributed by atoms with Crippen molar-refractivity contribution in [2.24, 2.45) is 23.1 Å². The molecule has 4 unspecified atom stereocenters. The molecule has 11 N–H and O–H groups in total. The summed E-state index contributed by atoms with van der Waals surface area (Å²) in [7, 11) is 0. The molecule has 0 bridgehead atoms. The van der Waals surface area contributed by atoms with E-state index in [1.54, 1.807) is 26.0 Å². The van der Waals surface area contributed by atoms with Gasteiger partial charge < -0.3 is 43.4 Å². The summed E-state index contributed by atoms with van der Waals surface area (Å²) in [5.41, 5.74) is 17.8. The molecule has 38 heavy (non-hydrogen) atoms. The standard InChI is InChI=1S/C26H44N6O6/c1-16(2)22(32-23(34)19(29)15-17-9-11-18(33)12-10-17)25(36)30-20(7-3-5-13-27)24(35)31-21(26(37)38)8-4-6-14-28/h9-12,16,19-22,33H,3-8,13-15,27-29H2,1-2H3,(H,30,36)(H,31,35)(H,32,34)(H,37,38). The Bertz CT molecular complexity index is 895. The van der Waals surface area contributed by atoms with Crippen LogP contribution in [0.2, 0.25) is 0 Å². The first-order chi connectivity index (χ1) is 18.0. The summed E-state index contributed by atoms with van der Waals surface area (Å²) in [6, 6.07) is 2.26. The van der Waals surface area contributed by atoms with Crippen molar-refractivity contribution < 1.29 is 29.4 Å². The van der Waals surface area contributed by atoms with Crippen molar-refractivity contribution in [1.82, 2.24) is 16.0 Å². The molecule has 214 valence electrons. The number of amides is 3. The van der Waals surface area contributed by atoms with Gasteiger partial charge in [0, 0.05) is 0 Å².